The monoisotopic (exact) mass is 348 g/mol. The van der Waals surface area contributed by atoms with Gasteiger partial charge in [-0.05, 0) is 47.9 Å². The molecule has 0 atom stereocenters. The fourth-order valence-electron chi connectivity index (χ4n) is 2.92. The van der Waals surface area contributed by atoms with Gasteiger partial charge in [-0.15, -0.1) is 11.8 Å². The number of hydrogen-bond donors (Lipinski definition) is 1. The summed E-state index contributed by atoms with van der Waals surface area (Å²) in [6, 6.07) is 4.51. The van der Waals surface area contributed by atoms with Crippen LogP contribution in [0.15, 0.2) is 12.1 Å². The normalized spacial score (nSPS) is 15.0. The Kier molecular flexibility index (Phi) is 5.97. The van der Waals surface area contributed by atoms with Crippen LogP contribution in [0.2, 0.25) is 0 Å². The van der Waals surface area contributed by atoms with Gasteiger partial charge in [-0.3, -0.25) is 9.59 Å². The Bertz CT molecular complexity index is 612. The first-order valence-electron chi connectivity index (χ1n) is 8.41. The summed E-state index contributed by atoms with van der Waals surface area (Å²) in [6.07, 6.45) is 0.816. The van der Waals surface area contributed by atoms with Crippen molar-refractivity contribution in [3.8, 4) is 0 Å². The Morgan fingerprint density at radius 3 is 2.38 bits per heavy atom. The number of carbonyl (C=O) groups excluding carboxylic acids is 2. The Morgan fingerprint density at radius 1 is 1.25 bits per heavy atom. The maximum Gasteiger partial charge on any atom is 0.239 e. The van der Waals surface area contributed by atoms with Crippen LogP contribution in [0.25, 0.3) is 0 Å². The molecule has 1 aromatic rings. The van der Waals surface area contributed by atoms with Gasteiger partial charge in [-0.1, -0.05) is 32.9 Å². The Labute approximate surface area is 149 Å². The van der Waals surface area contributed by atoms with Crippen LogP contribution in [0, 0.1) is 13.8 Å². The summed E-state index contributed by atoms with van der Waals surface area (Å²) in [7, 11) is 0. The summed E-state index contributed by atoms with van der Waals surface area (Å²) < 4.78 is 0. The summed E-state index contributed by atoms with van der Waals surface area (Å²) in [5.41, 5.74) is 5.34. The number of nitrogens with one attached hydrogen (secondary N) is 1. The number of benzene rings is 1. The highest BCUT2D eigenvalue weighted by Gasteiger charge is 2.22. The zero-order chi connectivity index (χ0) is 17.9. The zero-order valence-electron chi connectivity index (χ0n) is 15.4. The summed E-state index contributed by atoms with van der Waals surface area (Å²) >= 11 is 1.56. The largest absolute Gasteiger partial charge is 0.354 e. The highest BCUT2D eigenvalue weighted by molar-refractivity contribution is 8.00. The van der Waals surface area contributed by atoms with Crippen molar-refractivity contribution in [3.05, 3.63) is 34.4 Å². The topological polar surface area (TPSA) is 49.4 Å². The molecule has 24 heavy (non-hydrogen) atoms. The number of amides is 2. The molecule has 132 valence electrons. The quantitative estimate of drug-likeness (QED) is 0.890. The lowest BCUT2D eigenvalue weighted by molar-refractivity contribution is -0.132. The highest BCUT2D eigenvalue weighted by Crippen LogP contribution is 2.27. The van der Waals surface area contributed by atoms with Crippen LogP contribution in [0.4, 0.5) is 0 Å². The van der Waals surface area contributed by atoms with E-state index in [1.165, 1.54) is 22.3 Å². The molecule has 2 rings (SSSR count). The van der Waals surface area contributed by atoms with Crippen LogP contribution in [0.1, 0.15) is 43.0 Å². The second-order valence-corrected chi connectivity index (χ2v) is 8.46. The summed E-state index contributed by atoms with van der Waals surface area (Å²) in [4.78, 5) is 25.1. The number of aryl methyl sites for hydroxylation is 2. The van der Waals surface area contributed by atoms with E-state index in [9.17, 15) is 9.59 Å². The summed E-state index contributed by atoms with van der Waals surface area (Å²) in [5, 5.41) is 2.94. The van der Waals surface area contributed by atoms with E-state index < -0.39 is 0 Å². The van der Waals surface area contributed by atoms with Crippen molar-refractivity contribution < 1.29 is 9.59 Å². The minimum Gasteiger partial charge on any atom is -0.354 e. The van der Waals surface area contributed by atoms with Crippen molar-refractivity contribution in [3.63, 3.8) is 0 Å². The number of hydrogen-bond acceptors (Lipinski definition) is 3. The van der Waals surface area contributed by atoms with Gasteiger partial charge >= 0.3 is 0 Å². The summed E-state index contributed by atoms with van der Waals surface area (Å²) in [5.74, 6) is 1.09. The maximum atomic E-state index is 12.0. The van der Waals surface area contributed by atoms with Gasteiger partial charge < -0.3 is 10.2 Å². The molecule has 0 saturated carbocycles. The van der Waals surface area contributed by atoms with Crippen LogP contribution in [0.5, 0.6) is 0 Å². The first-order chi connectivity index (χ1) is 11.2. The molecule has 0 aliphatic carbocycles. The third-order valence-corrected chi connectivity index (χ3v) is 5.36. The Balaban J connectivity index is 1.90. The molecule has 1 aliphatic heterocycles. The Hall–Kier alpha value is -1.49. The van der Waals surface area contributed by atoms with Crippen LogP contribution >= 0.6 is 11.8 Å². The maximum absolute atomic E-state index is 12.0. The van der Waals surface area contributed by atoms with E-state index in [4.69, 9.17) is 0 Å². The third-order valence-electron chi connectivity index (χ3n) is 4.42. The molecule has 1 aromatic carbocycles. The Morgan fingerprint density at radius 2 is 1.88 bits per heavy atom. The van der Waals surface area contributed by atoms with Gasteiger partial charge in [-0.25, -0.2) is 0 Å². The van der Waals surface area contributed by atoms with Crippen molar-refractivity contribution in [2.75, 3.05) is 24.7 Å². The second-order valence-electron chi connectivity index (χ2n) is 7.51. The molecule has 0 aromatic heterocycles. The van der Waals surface area contributed by atoms with Crippen molar-refractivity contribution in [2.24, 2.45) is 0 Å². The van der Waals surface area contributed by atoms with E-state index in [1.807, 2.05) is 0 Å². The standard InChI is InChI=1S/C19H28N2O2S/c1-13-8-15(19(3,4)5)9-14(2)16(13)6-7-20-17(22)10-21-12-24-11-18(21)23/h8-9H,6-7,10-12H2,1-5H3,(H,20,22). The number of rotatable bonds is 5. The van der Waals surface area contributed by atoms with E-state index in [2.05, 4.69) is 52.1 Å². The minimum absolute atomic E-state index is 0.0552. The molecular formula is C19H28N2O2S. The van der Waals surface area contributed by atoms with E-state index in [-0.39, 0.29) is 23.8 Å². The van der Waals surface area contributed by atoms with Gasteiger partial charge in [0.25, 0.3) is 0 Å². The molecule has 1 saturated heterocycles. The average Bonchev–Trinajstić information content (AvgIpc) is 2.86. The lowest BCUT2D eigenvalue weighted by Gasteiger charge is -2.22. The highest BCUT2D eigenvalue weighted by atomic mass is 32.2. The van der Waals surface area contributed by atoms with Crippen molar-refractivity contribution in [2.45, 2.75) is 46.5 Å². The smallest absolute Gasteiger partial charge is 0.239 e. The summed E-state index contributed by atoms with van der Waals surface area (Å²) in [6.45, 7) is 11.7. The molecule has 0 bridgehead atoms. The molecule has 1 aliphatic rings. The molecular weight excluding hydrogens is 320 g/mol. The second kappa shape index (κ2) is 7.60. The minimum atomic E-state index is -0.0764. The SMILES string of the molecule is Cc1cc(C(C)(C)C)cc(C)c1CCNC(=O)CN1CSCC1=O. The van der Waals surface area contributed by atoms with Gasteiger partial charge in [-0.2, -0.15) is 0 Å². The predicted octanol–water partition coefficient (Wildman–Crippen LogP) is 2.79. The molecule has 0 radical (unpaired) electrons. The van der Waals surface area contributed by atoms with Crippen LogP contribution in [-0.4, -0.2) is 41.4 Å². The fraction of sp³-hybridized carbons (Fsp3) is 0.579. The van der Waals surface area contributed by atoms with Crippen molar-refractivity contribution in [1.29, 1.82) is 0 Å². The molecule has 2 amide bonds. The molecule has 1 fully saturated rings. The van der Waals surface area contributed by atoms with E-state index >= 15 is 0 Å². The molecule has 1 N–H and O–H groups in total. The van der Waals surface area contributed by atoms with Crippen molar-refractivity contribution >= 4 is 23.6 Å². The fourth-order valence-corrected chi connectivity index (χ4v) is 3.82. The lowest BCUT2D eigenvalue weighted by Crippen LogP contribution is -2.38. The van der Waals surface area contributed by atoms with Gasteiger partial charge in [0.05, 0.1) is 11.6 Å². The average molecular weight is 349 g/mol. The molecule has 4 nitrogen and oxygen atoms in total. The molecule has 0 spiro atoms. The molecule has 1 heterocycles. The molecule has 5 heteroatoms. The van der Waals surface area contributed by atoms with Gasteiger partial charge in [0.15, 0.2) is 0 Å². The first-order valence-corrected chi connectivity index (χ1v) is 9.57. The predicted molar refractivity (Wildman–Crippen MR) is 100 cm³/mol. The van der Waals surface area contributed by atoms with Gasteiger partial charge in [0, 0.05) is 6.54 Å². The number of carbonyl (C=O) groups is 2. The zero-order valence-corrected chi connectivity index (χ0v) is 16.2. The lowest BCUT2D eigenvalue weighted by atomic mass is 9.83. The van der Waals surface area contributed by atoms with Gasteiger partial charge in [0.1, 0.15) is 6.54 Å². The van der Waals surface area contributed by atoms with Crippen molar-refractivity contribution in [1.82, 2.24) is 10.2 Å². The van der Waals surface area contributed by atoms with Crippen LogP contribution in [0.3, 0.4) is 0 Å². The van der Waals surface area contributed by atoms with Gasteiger partial charge in [0.2, 0.25) is 11.8 Å². The molecule has 0 unspecified atom stereocenters. The number of thioether (sulfide) groups is 1. The van der Waals surface area contributed by atoms with E-state index in [0.717, 1.165) is 6.42 Å². The van der Waals surface area contributed by atoms with E-state index in [0.29, 0.717) is 18.2 Å². The van der Waals surface area contributed by atoms with Crippen LogP contribution < -0.4 is 5.32 Å². The van der Waals surface area contributed by atoms with E-state index in [1.54, 1.807) is 16.7 Å². The first kappa shape index (κ1) is 18.8. The third kappa shape index (κ3) is 4.76. The van der Waals surface area contributed by atoms with Crippen LogP contribution in [-0.2, 0) is 21.4 Å². The number of nitrogens with zero attached hydrogens (tertiary/aromatic N) is 1.